The number of nitrogens with one attached hydrogen (secondary N) is 1. The highest BCUT2D eigenvalue weighted by Gasteiger charge is 2.23. The van der Waals surface area contributed by atoms with Gasteiger partial charge in [0.2, 0.25) is 0 Å². The van der Waals surface area contributed by atoms with E-state index in [0.717, 1.165) is 30.8 Å². The number of esters is 1. The maximum absolute atomic E-state index is 13.2. The van der Waals surface area contributed by atoms with E-state index in [9.17, 15) is 13.2 Å². The van der Waals surface area contributed by atoms with Crippen LogP contribution in [-0.4, -0.2) is 56.7 Å². The van der Waals surface area contributed by atoms with Crippen molar-refractivity contribution in [1.29, 1.82) is 0 Å². The number of carbonyl (C=O) groups is 1. The van der Waals surface area contributed by atoms with Crippen LogP contribution in [0.15, 0.2) is 78.0 Å². The lowest BCUT2D eigenvalue weighted by atomic mass is 9.95. The van der Waals surface area contributed by atoms with Crippen molar-refractivity contribution in [2.24, 2.45) is 0 Å². The number of likely N-dealkylation sites (tertiary alicyclic amines) is 1. The molecule has 1 aliphatic rings. The second-order valence-electron chi connectivity index (χ2n) is 10.2. The molecule has 0 radical (unpaired) electrons. The molecule has 0 saturated carbocycles. The first-order valence-corrected chi connectivity index (χ1v) is 15.7. The van der Waals surface area contributed by atoms with E-state index in [0.29, 0.717) is 38.2 Å². The molecule has 11 heteroatoms. The number of rotatable bonds is 9. The van der Waals surface area contributed by atoms with Gasteiger partial charge in [-0.2, -0.15) is 0 Å². The summed E-state index contributed by atoms with van der Waals surface area (Å²) in [4.78, 5) is 15.0. The number of anilines is 1. The lowest BCUT2D eigenvalue weighted by Crippen LogP contribution is -2.21. The third kappa shape index (κ3) is 6.44. The van der Waals surface area contributed by atoms with Crippen molar-refractivity contribution in [2.45, 2.75) is 31.3 Å². The molecule has 0 bridgehead atoms. The third-order valence-electron chi connectivity index (χ3n) is 7.16. The van der Waals surface area contributed by atoms with Crippen LogP contribution < -0.4 is 9.46 Å². The number of ether oxygens (including phenoxy) is 2. The molecule has 1 aliphatic heterocycles. The van der Waals surface area contributed by atoms with Crippen molar-refractivity contribution >= 4 is 44.9 Å². The molecule has 0 unspecified atom stereocenters. The quantitative estimate of drug-likeness (QED) is 0.205. The highest BCUT2D eigenvalue weighted by atomic mass is 35.5. The van der Waals surface area contributed by atoms with Crippen LogP contribution in [0.25, 0.3) is 16.8 Å². The Hall–Kier alpha value is -3.50. The Balaban J connectivity index is 1.34. The summed E-state index contributed by atoms with van der Waals surface area (Å²) in [7, 11) is -1.86. The molecule has 3 aromatic carbocycles. The highest BCUT2D eigenvalue weighted by molar-refractivity contribution is 7.92. The molecule has 1 atom stereocenters. The molecule has 42 heavy (non-hydrogen) atoms. The average Bonchev–Trinajstić information content (AvgIpc) is 3.62. The van der Waals surface area contributed by atoms with Crippen LogP contribution in [0.5, 0.6) is 5.75 Å². The number of nitrogens with zero attached hydrogens (tertiary/aromatic N) is 2. The molecule has 1 fully saturated rings. The topological polar surface area (TPSA) is 89.9 Å². The SMILES string of the molecule is CCOC(=O)c1c(-c2ccc(-n3ccc(S(=O)(=O)Nc4ccc(Cl)c(O[C@@H]5CCN(C)C5)c4)c3)cc2)ccc(Cl)c1C. The summed E-state index contributed by atoms with van der Waals surface area (Å²) in [6, 6.07) is 17.3. The van der Waals surface area contributed by atoms with E-state index < -0.39 is 16.0 Å². The van der Waals surface area contributed by atoms with Gasteiger partial charge in [0.25, 0.3) is 10.0 Å². The minimum atomic E-state index is -3.89. The normalized spacial score (nSPS) is 15.5. The number of hydrogen-bond acceptors (Lipinski definition) is 6. The Morgan fingerprint density at radius 2 is 1.79 bits per heavy atom. The van der Waals surface area contributed by atoms with E-state index in [1.165, 1.54) is 12.3 Å². The van der Waals surface area contributed by atoms with E-state index in [2.05, 4.69) is 9.62 Å². The fourth-order valence-electron chi connectivity index (χ4n) is 4.94. The first-order chi connectivity index (χ1) is 20.1. The van der Waals surface area contributed by atoms with Gasteiger partial charge in [0.15, 0.2) is 0 Å². The molecule has 0 amide bonds. The zero-order valence-electron chi connectivity index (χ0n) is 23.4. The van der Waals surface area contributed by atoms with Crippen molar-refractivity contribution in [2.75, 3.05) is 31.5 Å². The summed E-state index contributed by atoms with van der Waals surface area (Å²) < 4.78 is 42.1. The molecular weight excluding hydrogens is 597 g/mol. The zero-order chi connectivity index (χ0) is 30.0. The smallest absolute Gasteiger partial charge is 0.339 e. The monoisotopic (exact) mass is 627 g/mol. The van der Waals surface area contributed by atoms with E-state index in [4.69, 9.17) is 32.7 Å². The molecule has 220 valence electrons. The third-order valence-corrected chi connectivity index (χ3v) is 9.24. The van der Waals surface area contributed by atoms with Crippen LogP contribution in [0, 0.1) is 6.92 Å². The Morgan fingerprint density at radius 1 is 1.05 bits per heavy atom. The number of sulfonamides is 1. The van der Waals surface area contributed by atoms with E-state index in [-0.39, 0.29) is 17.6 Å². The summed E-state index contributed by atoms with van der Waals surface area (Å²) in [5.41, 5.74) is 3.67. The van der Waals surface area contributed by atoms with E-state index in [1.54, 1.807) is 54.9 Å². The molecule has 1 aromatic heterocycles. The maximum atomic E-state index is 13.2. The van der Waals surface area contributed by atoms with Crippen molar-refractivity contribution in [1.82, 2.24) is 9.47 Å². The van der Waals surface area contributed by atoms with Gasteiger partial charge >= 0.3 is 5.97 Å². The van der Waals surface area contributed by atoms with E-state index in [1.807, 2.05) is 31.3 Å². The molecule has 1 N–H and O–H groups in total. The molecule has 8 nitrogen and oxygen atoms in total. The predicted molar refractivity (Wildman–Crippen MR) is 166 cm³/mol. The summed E-state index contributed by atoms with van der Waals surface area (Å²) in [6.45, 7) is 5.51. The Kier molecular flexibility index (Phi) is 8.84. The molecule has 0 aliphatic carbocycles. The number of halogens is 2. The summed E-state index contributed by atoms with van der Waals surface area (Å²) in [5.74, 6) is 0.00617. The zero-order valence-corrected chi connectivity index (χ0v) is 25.8. The number of benzene rings is 3. The number of carbonyl (C=O) groups excluding carboxylic acids is 1. The molecular formula is C31H31Cl2N3O5S. The lowest BCUT2D eigenvalue weighted by Gasteiger charge is -2.16. The van der Waals surface area contributed by atoms with Gasteiger partial charge in [-0.3, -0.25) is 4.72 Å². The van der Waals surface area contributed by atoms with Crippen LogP contribution in [0.4, 0.5) is 5.69 Å². The van der Waals surface area contributed by atoms with Gasteiger partial charge < -0.3 is 18.9 Å². The van der Waals surface area contributed by atoms with Crippen LogP contribution in [0.3, 0.4) is 0 Å². The van der Waals surface area contributed by atoms with Crippen LogP contribution >= 0.6 is 23.2 Å². The first-order valence-electron chi connectivity index (χ1n) is 13.5. The van der Waals surface area contributed by atoms with Crippen LogP contribution in [0.2, 0.25) is 10.0 Å². The largest absolute Gasteiger partial charge is 0.487 e. The molecule has 5 rings (SSSR count). The average molecular weight is 629 g/mol. The van der Waals surface area contributed by atoms with Gasteiger partial charge in [-0.05, 0) is 80.4 Å². The molecule has 1 saturated heterocycles. The van der Waals surface area contributed by atoms with Gasteiger partial charge in [-0.15, -0.1) is 0 Å². The van der Waals surface area contributed by atoms with Gasteiger partial charge in [0.1, 0.15) is 16.7 Å². The van der Waals surface area contributed by atoms with Gasteiger partial charge in [0.05, 0.1) is 22.9 Å². The molecule has 0 spiro atoms. The standard InChI is InChI=1S/C31H31Cl2N3O5S/c1-4-40-31(37)30-20(2)27(32)12-10-26(30)21-5-8-23(9-6-21)36-16-14-25(19-36)42(38,39)34-22-7-11-28(33)29(17-22)41-24-13-15-35(3)18-24/h5-12,14,16-17,19,24,34H,4,13,15,18H2,1-3H3/t24-/m1/s1. The van der Waals surface area contributed by atoms with Crippen molar-refractivity contribution in [3.8, 4) is 22.6 Å². The number of aromatic nitrogens is 1. The predicted octanol–water partition coefficient (Wildman–Crippen LogP) is 6.82. The summed E-state index contributed by atoms with van der Waals surface area (Å²) >= 11 is 12.6. The maximum Gasteiger partial charge on any atom is 0.339 e. The van der Waals surface area contributed by atoms with E-state index >= 15 is 0 Å². The van der Waals surface area contributed by atoms with Gasteiger partial charge in [-0.25, -0.2) is 13.2 Å². The van der Waals surface area contributed by atoms with Gasteiger partial charge in [0, 0.05) is 42.3 Å². The van der Waals surface area contributed by atoms with Crippen molar-refractivity contribution in [3.05, 3.63) is 94.2 Å². The Bertz CT molecular complexity index is 1720. The number of likely N-dealkylation sites (N-methyl/N-ethyl adjacent to an activating group) is 1. The minimum absolute atomic E-state index is 0.000225. The fourth-order valence-corrected chi connectivity index (χ4v) is 6.31. The summed E-state index contributed by atoms with van der Waals surface area (Å²) in [5, 5.41) is 0.905. The highest BCUT2D eigenvalue weighted by Crippen LogP contribution is 2.33. The second-order valence-corrected chi connectivity index (χ2v) is 12.7. The van der Waals surface area contributed by atoms with Crippen molar-refractivity contribution < 1.29 is 22.7 Å². The van der Waals surface area contributed by atoms with Crippen molar-refractivity contribution in [3.63, 3.8) is 0 Å². The summed E-state index contributed by atoms with van der Waals surface area (Å²) in [6.07, 6.45) is 4.09. The fraction of sp³-hybridized carbons (Fsp3) is 0.258. The first kappa shape index (κ1) is 30.0. The molecule has 4 aromatic rings. The van der Waals surface area contributed by atoms with Crippen LogP contribution in [-0.2, 0) is 14.8 Å². The second kappa shape index (κ2) is 12.4. The minimum Gasteiger partial charge on any atom is -0.487 e. The van der Waals surface area contributed by atoms with Gasteiger partial charge in [-0.1, -0.05) is 41.4 Å². The Labute approximate surface area is 255 Å². The lowest BCUT2D eigenvalue weighted by molar-refractivity contribution is 0.0526. The Morgan fingerprint density at radius 3 is 2.48 bits per heavy atom. The number of hydrogen-bond donors (Lipinski definition) is 1. The van der Waals surface area contributed by atoms with Crippen LogP contribution in [0.1, 0.15) is 29.3 Å². The molecule has 2 heterocycles.